The first-order valence-corrected chi connectivity index (χ1v) is 6.48. The minimum atomic E-state index is -3.74. The number of aliphatic carboxylic acids is 1. The van der Waals surface area contributed by atoms with Crippen LogP contribution in [-0.4, -0.2) is 25.6 Å². The molecule has 0 bridgehead atoms. The van der Waals surface area contributed by atoms with Crippen LogP contribution in [0.2, 0.25) is 0 Å². The highest BCUT2D eigenvalue weighted by atomic mass is 32.2. The highest BCUT2D eigenvalue weighted by molar-refractivity contribution is 7.89. The van der Waals surface area contributed by atoms with Gasteiger partial charge in [-0.15, -0.1) is 0 Å². The van der Waals surface area contributed by atoms with Crippen molar-refractivity contribution in [2.24, 2.45) is 5.14 Å². The largest absolute Gasteiger partial charge is 0.479 e. The highest BCUT2D eigenvalue weighted by Crippen LogP contribution is 2.29. The maximum absolute atomic E-state index is 11.1. The van der Waals surface area contributed by atoms with Gasteiger partial charge < -0.3 is 9.84 Å². The van der Waals surface area contributed by atoms with Crippen molar-refractivity contribution in [3.63, 3.8) is 0 Å². The van der Waals surface area contributed by atoms with Crippen LogP contribution in [0.5, 0.6) is 5.75 Å². The van der Waals surface area contributed by atoms with E-state index in [1.807, 2.05) is 0 Å². The van der Waals surface area contributed by atoms with Crippen molar-refractivity contribution in [1.82, 2.24) is 0 Å². The van der Waals surface area contributed by atoms with E-state index in [1.165, 1.54) is 18.2 Å². The molecule has 0 fully saturated rings. The van der Waals surface area contributed by atoms with Gasteiger partial charge in [-0.2, -0.15) is 0 Å². The van der Waals surface area contributed by atoms with Crippen LogP contribution in [0.15, 0.2) is 23.1 Å². The lowest BCUT2D eigenvalue weighted by Crippen LogP contribution is -2.31. The van der Waals surface area contributed by atoms with E-state index < -0.39 is 22.1 Å². The fourth-order valence-corrected chi connectivity index (χ4v) is 2.28. The molecule has 0 aliphatic carbocycles. The van der Waals surface area contributed by atoms with Crippen LogP contribution in [0.25, 0.3) is 0 Å². The second-order valence-electron chi connectivity index (χ2n) is 3.80. The molecule has 1 heterocycles. The molecule has 0 saturated heterocycles. The van der Waals surface area contributed by atoms with Crippen LogP contribution < -0.4 is 9.88 Å². The van der Waals surface area contributed by atoms with E-state index in [-0.39, 0.29) is 4.90 Å². The molecule has 0 unspecified atom stereocenters. The molecule has 6 nitrogen and oxygen atoms in total. The Bertz CT molecular complexity index is 566. The summed E-state index contributed by atoms with van der Waals surface area (Å²) in [6, 6.07) is 4.16. The van der Waals surface area contributed by atoms with Gasteiger partial charge >= 0.3 is 5.97 Å². The number of fused-ring (bicyclic) bond motifs is 1. The molecule has 1 aliphatic rings. The van der Waals surface area contributed by atoms with Crippen molar-refractivity contribution in [3.05, 3.63) is 23.8 Å². The topological polar surface area (TPSA) is 107 Å². The molecule has 92 valence electrons. The van der Waals surface area contributed by atoms with E-state index in [1.54, 1.807) is 0 Å². The van der Waals surface area contributed by atoms with Gasteiger partial charge in [-0.05, 0) is 36.6 Å². The molecule has 3 N–H and O–H groups in total. The Kier molecular flexibility index (Phi) is 2.80. The molecule has 0 amide bonds. The number of sulfonamides is 1. The Morgan fingerprint density at radius 2 is 2.18 bits per heavy atom. The number of aryl methyl sites for hydroxylation is 1. The molecule has 1 aliphatic heterocycles. The molecule has 17 heavy (non-hydrogen) atoms. The van der Waals surface area contributed by atoms with Crippen molar-refractivity contribution in [2.75, 3.05) is 0 Å². The van der Waals surface area contributed by atoms with Crippen LogP contribution in [0.3, 0.4) is 0 Å². The van der Waals surface area contributed by atoms with E-state index in [0.29, 0.717) is 24.2 Å². The normalized spacial score (nSPS) is 19.2. The minimum absolute atomic E-state index is 0.00799. The summed E-state index contributed by atoms with van der Waals surface area (Å²) in [5.74, 6) is -0.623. The van der Waals surface area contributed by atoms with Crippen molar-refractivity contribution in [2.45, 2.75) is 23.8 Å². The van der Waals surface area contributed by atoms with E-state index in [9.17, 15) is 13.2 Å². The molecule has 0 aromatic heterocycles. The van der Waals surface area contributed by atoms with E-state index in [4.69, 9.17) is 15.0 Å². The van der Waals surface area contributed by atoms with Crippen LogP contribution >= 0.6 is 0 Å². The van der Waals surface area contributed by atoms with Crippen molar-refractivity contribution in [1.29, 1.82) is 0 Å². The van der Waals surface area contributed by atoms with E-state index in [0.717, 1.165) is 0 Å². The van der Waals surface area contributed by atoms with Gasteiger partial charge in [0.1, 0.15) is 5.75 Å². The smallest absolute Gasteiger partial charge is 0.344 e. The zero-order valence-corrected chi connectivity index (χ0v) is 9.61. The number of carboxylic acid groups (broad SMARTS) is 1. The number of carboxylic acids is 1. The average molecular weight is 257 g/mol. The van der Waals surface area contributed by atoms with Crippen molar-refractivity contribution >= 4 is 16.0 Å². The van der Waals surface area contributed by atoms with E-state index in [2.05, 4.69) is 0 Å². The van der Waals surface area contributed by atoms with Gasteiger partial charge in [0.25, 0.3) is 0 Å². The molecule has 2 rings (SSSR count). The van der Waals surface area contributed by atoms with Crippen LogP contribution in [0.4, 0.5) is 0 Å². The molecule has 0 spiro atoms. The number of nitrogens with two attached hydrogens (primary N) is 1. The maximum Gasteiger partial charge on any atom is 0.344 e. The van der Waals surface area contributed by atoms with Gasteiger partial charge in [0, 0.05) is 0 Å². The van der Waals surface area contributed by atoms with Gasteiger partial charge in [0.15, 0.2) is 6.10 Å². The summed E-state index contributed by atoms with van der Waals surface area (Å²) in [7, 11) is -3.74. The van der Waals surface area contributed by atoms with Crippen LogP contribution in [-0.2, 0) is 21.2 Å². The Balaban J connectivity index is 2.35. The lowest BCUT2D eigenvalue weighted by Gasteiger charge is -2.23. The van der Waals surface area contributed by atoms with Gasteiger partial charge in [-0.3, -0.25) is 0 Å². The summed E-state index contributed by atoms with van der Waals surface area (Å²) in [5, 5.41) is 13.8. The number of benzene rings is 1. The van der Waals surface area contributed by atoms with Crippen molar-refractivity contribution in [3.8, 4) is 5.75 Å². The van der Waals surface area contributed by atoms with Gasteiger partial charge in [-0.1, -0.05) is 0 Å². The van der Waals surface area contributed by atoms with Crippen molar-refractivity contribution < 1.29 is 23.1 Å². The number of rotatable bonds is 2. The summed E-state index contributed by atoms with van der Waals surface area (Å²) in [4.78, 5) is 10.8. The first-order valence-electron chi connectivity index (χ1n) is 4.93. The fraction of sp³-hybridized carbons (Fsp3) is 0.300. The number of primary sulfonamides is 1. The molecule has 1 aromatic rings. The second-order valence-corrected chi connectivity index (χ2v) is 5.36. The van der Waals surface area contributed by atoms with E-state index >= 15 is 0 Å². The molecule has 1 atom stereocenters. The predicted molar refractivity (Wildman–Crippen MR) is 58.2 cm³/mol. The number of ether oxygens (including phenoxy) is 1. The monoisotopic (exact) mass is 257 g/mol. The lowest BCUT2D eigenvalue weighted by molar-refractivity contribution is -0.145. The Morgan fingerprint density at radius 1 is 1.47 bits per heavy atom. The average Bonchev–Trinajstić information content (AvgIpc) is 2.26. The number of carbonyl (C=O) groups is 1. The number of hydrogen-bond acceptors (Lipinski definition) is 4. The summed E-state index contributed by atoms with van der Waals surface area (Å²) in [6.45, 7) is 0. The quantitative estimate of drug-likeness (QED) is 0.782. The second kappa shape index (κ2) is 4.01. The summed E-state index contributed by atoms with van der Waals surface area (Å²) < 4.78 is 27.5. The zero-order valence-electron chi connectivity index (χ0n) is 8.79. The third kappa shape index (κ3) is 2.40. The molecule has 0 saturated carbocycles. The molecular weight excluding hydrogens is 246 g/mol. The number of hydrogen-bond donors (Lipinski definition) is 2. The Hall–Kier alpha value is -1.60. The van der Waals surface area contributed by atoms with Crippen LogP contribution in [0.1, 0.15) is 12.0 Å². The lowest BCUT2D eigenvalue weighted by atomic mass is 10.0. The molecule has 1 aromatic carbocycles. The predicted octanol–water partition coefficient (Wildman–Crippen LogP) is 0.112. The fourth-order valence-electron chi connectivity index (χ4n) is 1.72. The first kappa shape index (κ1) is 11.9. The Labute approximate surface area is 98.1 Å². The summed E-state index contributed by atoms with van der Waals surface area (Å²) in [6.07, 6.45) is -0.102. The minimum Gasteiger partial charge on any atom is -0.479 e. The Morgan fingerprint density at radius 3 is 2.76 bits per heavy atom. The summed E-state index contributed by atoms with van der Waals surface area (Å²) >= 11 is 0. The van der Waals surface area contributed by atoms with Gasteiger partial charge in [0.05, 0.1) is 4.90 Å². The summed E-state index contributed by atoms with van der Waals surface area (Å²) in [5.41, 5.74) is 0.661. The third-order valence-electron chi connectivity index (χ3n) is 2.58. The third-order valence-corrected chi connectivity index (χ3v) is 3.49. The van der Waals surface area contributed by atoms with Gasteiger partial charge in [0.2, 0.25) is 10.0 Å². The maximum atomic E-state index is 11.1. The standard InChI is InChI=1S/C10H11NO5S/c11-17(14,15)7-2-4-8-6(5-7)1-3-9(16-8)10(12)13/h2,4-5,9H,1,3H2,(H,12,13)(H2,11,14,15)/t9-/m1/s1. The molecular formula is C10H11NO5S. The molecule has 7 heteroatoms. The molecule has 0 radical (unpaired) electrons. The zero-order chi connectivity index (χ0) is 12.6. The SMILES string of the molecule is NS(=O)(=O)c1ccc2c(c1)CC[C@H](C(=O)O)O2. The van der Waals surface area contributed by atoms with Crippen LogP contribution in [0, 0.1) is 0 Å². The first-order chi connectivity index (χ1) is 7.88. The highest BCUT2D eigenvalue weighted by Gasteiger charge is 2.26. The van der Waals surface area contributed by atoms with Gasteiger partial charge in [-0.25, -0.2) is 18.4 Å².